The lowest BCUT2D eigenvalue weighted by Crippen LogP contribution is -2.78. The van der Waals surface area contributed by atoms with Crippen molar-refractivity contribution >= 4 is 101 Å². The number of rotatable bonds is 11. The second kappa shape index (κ2) is 18.7. The third-order valence-electron chi connectivity index (χ3n) is 13.9. The standard InChI is InChI=1S/C69H49N5Si2/c1-7-27-51(28-8-1)75(52-29-9-2-10-30-52,53-31-11-3-12-32-53)57-47-50(48-58(49-57)76(54-33-13-4-14-34-54,55-35-15-5-16-36-55)56-37-17-6-18-38-56)67-70-68(73-63-43-23-19-39-59(63)60-40-20-24-44-64(60)73)72-69(71-67)74-65-45-25-21-41-61(65)62-42-22-26-46-66(62)74/h1-49H/i1D,4D,7D,8D,13D,14D,19D,20D,23D,24D,27D,28D,33D,34D,39D,40D,43D,44D,47D,48D,49D. The molecule has 5 nitrogen and oxygen atoms in total. The van der Waals surface area contributed by atoms with Crippen molar-refractivity contribution in [2.75, 3.05) is 0 Å². The Morgan fingerprint density at radius 3 is 1.03 bits per heavy atom. The van der Waals surface area contributed by atoms with Crippen LogP contribution in [0.2, 0.25) is 0 Å². The Morgan fingerprint density at radius 2 is 0.618 bits per heavy atom. The van der Waals surface area contributed by atoms with Crippen LogP contribution in [-0.2, 0) is 0 Å². The predicted molar refractivity (Wildman–Crippen MR) is 321 cm³/mol. The molecule has 0 spiro atoms. The van der Waals surface area contributed by atoms with Crippen LogP contribution in [-0.4, -0.2) is 40.2 Å². The number of para-hydroxylation sites is 4. The minimum absolute atomic E-state index is 0.265. The zero-order valence-electron chi connectivity index (χ0n) is 60.9. The number of aromatic nitrogens is 5. The molecule has 3 heterocycles. The Balaban J connectivity index is 1.31. The van der Waals surface area contributed by atoms with Crippen molar-refractivity contribution in [2.45, 2.75) is 0 Å². The van der Waals surface area contributed by atoms with Crippen molar-refractivity contribution in [1.29, 1.82) is 0 Å². The summed E-state index contributed by atoms with van der Waals surface area (Å²) in [6.07, 6.45) is 0. The summed E-state index contributed by atoms with van der Waals surface area (Å²) in [6.45, 7) is 0. The first-order valence-electron chi connectivity index (χ1n) is 34.7. The average Bonchev–Trinajstić information content (AvgIpc) is 1.18. The Morgan fingerprint density at radius 1 is 0.276 bits per heavy atom. The van der Waals surface area contributed by atoms with Gasteiger partial charge in [-0.25, -0.2) is 0 Å². The summed E-state index contributed by atoms with van der Waals surface area (Å²) in [5.74, 6) is -1.45. The van der Waals surface area contributed by atoms with Crippen LogP contribution in [0.1, 0.15) is 28.8 Å². The van der Waals surface area contributed by atoms with Gasteiger partial charge >= 0.3 is 0 Å². The number of nitrogens with zero attached hydrogens (tertiary/aromatic N) is 5. The van der Waals surface area contributed by atoms with E-state index in [0.29, 0.717) is 21.8 Å². The SMILES string of the molecule is [2H]c1c([2H])c([2H])c([Si](c2ccccc2)(c2ccccc2)c2c([2H])c(-c3nc(-n4c5ccccc5c5ccccc54)nc(-n4c5c([2H])c([2H])c([2H])c([2H])c5c5c([2H])c([2H])c([2H])c([2H])c54)n3)c([2H])c([Si](c3ccccc3)(c3ccccc3)c3c([2H])c([2H])c([2H])c([2H])c3[2H])c2[2H])c([2H])c1[2H]. The van der Waals surface area contributed by atoms with E-state index in [4.69, 9.17) is 23.2 Å². The van der Waals surface area contributed by atoms with E-state index in [2.05, 4.69) is 0 Å². The summed E-state index contributed by atoms with van der Waals surface area (Å²) in [5, 5.41) is 0.461. The molecule has 0 unspecified atom stereocenters. The monoisotopic (exact) mass is 1020 g/mol. The predicted octanol–water partition coefficient (Wildman–Crippen LogP) is 10.5. The first-order chi connectivity index (χ1) is 46.4. The Hall–Kier alpha value is -9.54. The molecule has 14 aromatic rings. The van der Waals surface area contributed by atoms with E-state index >= 15 is 0 Å². The molecule has 76 heavy (non-hydrogen) atoms. The third-order valence-corrected chi connectivity index (χ3v) is 22.7. The zero-order valence-corrected chi connectivity index (χ0v) is 41.9. The van der Waals surface area contributed by atoms with Gasteiger partial charge in [-0.3, -0.25) is 9.13 Å². The van der Waals surface area contributed by atoms with Crippen molar-refractivity contribution in [1.82, 2.24) is 24.1 Å². The molecule has 0 fully saturated rings. The topological polar surface area (TPSA) is 48.5 Å². The second-order valence-corrected chi connectivity index (χ2v) is 25.2. The second-order valence-electron chi connectivity index (χ2n) is 17.9. The zero-order chi connectivity index (χ0) is 68.7. The minimum Gasteiger partial charge on any atom is -0.278 e. The highest BCUT2D eigenvalue weighted by Crippen LogP contribution is 2.34. The van der Waals surface area contributed by atoms with Crippen molar-refractivity contribution in [3.8, 4) is 23.3 Å². The summed E-state index contributed by atoms with van der Waals surface area (Å²) in [7, 11) is -10.3. The van der Waals surface area contributed by atoms with Crippen LogP contribution in [0.5, 0.6) is 0 Å². The molecular formula is C69H49N5Si2. The van der Waals surface area contributed by atoms with Gasteiger partial charge in [0.1, 0.15) is 0 Å². The van der Waals surface area contributed by atoms with Crippen molar-refractivity contribution in [3.63, 3.8) is 0 Å². The molecule has 0 aliphatic heterocycles. The van der Waals surface area contributed by atoms with Gasteiger partial charge in [0.25, 0.3) is 0 Å². The van der Waals surface area contributed by atoms with E-state index < -0.39 is 171 Å². The van der Waals surface area contributed by atoms with Gasteiger partial charge in [0.05, 0.1) is 50.9 Å². The van der Waals surface area contributed by atoms with Crippen LogP contribution in [0.3, 0.4) is 0 Å². The number of hydrogen-bond acceptors (Lipinski definition) is 3. The highest BCUT2D eigenvalue weighted by molar-refractivity contribution is 7.22. The van der Waals surface area contributed by atoms with Crippen LogP contribution in [0, 0.1) is 0 Å². The molecule has 14 rings (SSSR count). The summed E-state index contributed by atoms with van der Waals surface area (Å²) >= 11 is 0. The van der Waals surface area contributed by atoms with Gasteiger partial charge < -0.3 is 0 Å². The lowest BCUT2D eigenvalue weighted by Gasteiger charge is -2.38. The van der Waals surface area contributed by atoms with E-state index in [1.165, 1.54) is 0 Å². The van der Waals surface area contributed by atoms with E-state index in [1.54, 1.807) is 150 Å². The maximum absolute atomic E-state index is 11.5. The molecule has 0 N–H and O–H groups in total. The highest BCUT2D eigenvalue weighted by Gasteiger charge is 2.46. The van der Waals surface area contributed by atoms with Gasteiger partial charge in [0.2, 0.25) is 11.9 Å². The molecule has 7 heteroatoms. The molecule has 358 valence electrons. The molecule has 0 aliphatic rings. The fourth-order valence-corrected chi connectivity index (χ4v) is 19.4. The van der Waals surface area contributed by atoms with Crippen molar-refractivity contribution < 1.29 is 28.8 Å². The molecule has 0 aliphatic carbocycles. The van der Waals surface area contributed by atoms with Crippen LogP contribution >= 0.6 is 0 Å². The smallest absolute Gasteiger partial charge is 0.240 e. The molecule has 3 aromatic heterocycles. The molecule has 0 saturated carbocycles. The molecular weight excluding hydrogens is 955 g/mol. The maximum Gasteiger partial charge on any atom is 0.240 e. The van der Waals surface area contributed by atoms with E-state index in [9.17, 15) is 20.6 Å². The summed E-state index contributed by atoms with van der Waals surface area (Å²) in [6, 6.07) is 32.7. The van der Waals surface area contributed by atoms with Gasteiger partial charge in [-0.1, -0.05) is 273 Å². The maximum atomic E-state index is 11.5. The minimum atomic E-state index is -5.13. The van der Waals surface area contributed by atoms with Gasteiger partial charge in [-0.15, -0.1) is 0 Å². The van der Waals surface area contributed by atoms with Crippen molar-refractivity contribution in [3.05, 3.63) is 297 Å². The first-order valence-corrected chi connectivity index (χ1v) is 28.2. The fraction of sp³-hybridized carbons (Fsp3) is 0. The molecule has 0 bridgehead atoms. The Bertz CT molecular complexity index is 5230. The van der Waals surface area contributed by atoms with E-state index in [-0.39, 0.29) is 58.2 Å². The van der Waals surface area contributed by atoms with Gasteiger partial charge in [-0.2, -0.15) is 15.0 Å². The summed E-state index contributed by atoms with van der Waals surface area (Å²) in [5.41, 5.74) is -0.387. The van der Waals surface area contributed by atoms with Crippen LogP contribution in [0.4, 0.5) is 0 Å². The Kier molecular flexibility index (Phi) is 6.96. The molecule has 0 amide bonds. The highest BCUT2D eigenvalue weighted by atomic mass is 28.3. The van der Waals surface area contributed by atoms with E-state index in [1.807, 2.05) is 24.3 Å². The number of fused-ring (bicyclic) bond motifs is 6. The molecule has 0 atom stereocenters. The number of hydrogen-bond donors (Lipinski definition) is 0. The Labute approximate surface area is 472 Å². The summed E-state index contributed by atoms with van der Waals surface area (Å²) < 4.78 is 207. The lowest BCUT2D eigenvalue weighted by atomic mass is 10.2. The number of benzene rings is 11. The first kappa shape index (κ1) is 28.2. The summed E-state index contributed by atoms with van der Waals surface area (Å²) in [4.78, 5) is 15.6. The average molecular weight is 1030 g/mol. The van der Waals surface area contributed by atoms with Gasteiger partial charge in [0.15, 0.2) is 22.0 Å². The molecule has 11 aromatic carbocycles. The van der Waals surface area contributed by atoms with Crippen LogP contribution in [0.25, 0.3) is 66.9 Å². The van der Waals surface area contributed by atoms with Gasteiger partial charge in [-0.05, 0) is 65.7 Å². The normalized spacial score (nSPS) is 15.8. The van der Waals surface area contributed by atoms with Crippen molar-refractivity contribution in [2.24, 2.45) is 0 Å². The molecule has 0 radical (unpaired) electrons. The van der Waals surface area contributed by atoms with Crippen LogP contribution < -0.4 is 41.5 Å². The quantitative estimate of drug-likeness (QED) is 0.0958. The largest absolute Gasteiger partial charge is 0.278 e. The van der Waals surface area contributed by atoms with E-state index in [0.717, 1.165) is 4.57 Å². The van der Waals surface area contributed by atoms with Crippen LogP contribution in [0.15, 0.2) is 297 Å². The fourth-order valence-electron chi connectivity index (χ4n) is 10.7. The molecule has 0 saturated heterocycles. The van der Waals surface area contributed by atoms with Gasteiger partial charge in [0, 0.05) is 27.1 Å². The lowest BCUT2D eigenvalue weighted by molar-refractivity contribution is 0.893. The third kappa shape index (κ3) is 7.16.